The second kappa shape index (κ2) is 6.55. The Bertz CT molecular complexity index is 369. The molecule has 4 nitrogen and oxygen atoms in total. The lowest BCUT2D eigenvalue weighted by Gasteiger charge is -2.41. The van der Waals surface area contributed by atoms with Gasteiger partial charge in [-0.1, -0.05) is 19.3 Å². The molecule has 2 fully saturated rings. The van der Waals surface area contributed by atoms with Gasteiger partial charge < -0.3 is 4.90 Å². The molecule has 0 radical (unpaired) electrons. The molecule has 2 rings (SSSR count). The second-order valence-corrected chi connectivity index (χ2v) is 8.29. The summed E-state index contributed by atoms with van der Waals surface area (Å²) < 4.78 is 25.4. The Kier molecular flexibility index (Phi) is 5.26. The SMILES string of the molecule is CCS(=O)(=O)N(C)C1CCN(C2CCCCC2)CC1. The van der Waals surface area contributed by atoms with E-state index in [-0.39, 0.29) is 11.8 Å². The average Bonchev–Trinajstić information content (AvgIpc) is 2.47. The van der Waals surface area contributed by atoms with Crippen LogP contribution in [0.2, 0.25) is 0 Å². The van der Waals surface area contributed by atoms with Gasteiger partial charge in [0.2, 0.25) is 10.0 Å². The highest BCUT2D eigenvalue weighted by molar-refractivity contribution is 7.89. The molecule has 0 aromatic heterocycles. The Balaban J connectivity index is 1.85. The minimum Gasteiger partial charge on any atom is -0.300 e. The summed E-state index contributed by atoms with van der Waals surface area (Å²) in [6, 6.07) is 0.979. The first-order valence-corrected chi connectivity index (χ1v) is 9.35. The Labute approximate surface area is 118 Å². The molecule has 5 heteroatoms. The second-order valence-electron chi connectivity index (χ2n) is 5.98. The van der Waals surface area contributed by atoms with Crippen LogP contribution in [-0.4, -0.2) is 55.6 Å². The van der Waals surface area contributed by atoms with E-state index in [1.807, 2.05) is 0 Å². The molecule has 1 heterocycles. The highest BCUT2D eigenvalue weighted by atomic mass is 32.2. The van der Waals surface area contributed by atoms with Crippen molar-refractivity contribution >= 4 is 10.0 Å². The van der Waals surface area contributed by atoms with E-state index in [2.05, 4.69) is 4.90 Å². The highest BCUT2D eigenvalue weighted by Crippen LogP contribution is 2.26. The summed E-state index contributed by atoms with van der Waals surface area (Å²) in [4.78, 5) is 2.60. The van der Waals surface area contributed by atoms with Crippen molar-refractivity contribution in [3.8, 4) is 0 Å². The molecular weight excluding hydrogens is 260 g/mol. The Morgan fingerprint density at radius 2 is 1.63 bits per heavy atom. The first-order chi connectivity index (χ1) is 9.04. The molecule has 19 heavy (non-hydrogen) atoms. The molecule has 1 aliphatic heterocycles. The summed E-state index contributed by atoms with van der Waals surface area (Å²) in [5, 5.41) is 0. The molecule has 0 unspecified atom stereocenters. The van der Waals surface area contributed by atoms with Gasteiger partial charge in [-0.3, -0.25) is 0 Å². The number of hydrogen-bond acceptors (Lipinski definition) is 3. The maximum absolute atomic E-state index is 11.9. The lowest BCUT2D eigenvalue weighted by Crippen LogP contribution is -2.49. The van der Waals surface area contributed by atoms with Crippen molar-refractivity contribution in [3.63, 3.8) is 0 Å². The van der Waals surface area contributed by atoms with Crippen LogP contribution in [0.4, 0.5) is 0 Å². The number of nitrogens with zero attached hydrogens (tertiary/aromatic N) is 2. The Morgan fingerprint density at radius 1 is 1.05 bits per heavy atom. The molecule has 1 saturated carbocycles. The van der Waals surface area contributed by atoms with Crippen LogP contribution in [0, 0.1) is 0 Å². The number of piperidine rings is 1. The van der Waals surface area contributed by atoms with Crippen molar-refractivity contribution < 1.29 is 8.42 Å². The Morgan fingerprint density at radius 3 is 2.16 bits per heavy atom. The summed E-state index contributed by atoms with van der Waals surface area (Å²) in [6.45, 7) is 3.86. The average molecular weight is 288 g/mol. The molecule has 2 aliphatic rings. The third-order valence-electron chi connectivity index (χ3n) is 4.91. The van der Waals surface area contributed by atoms with Crippen LogP contribution in [-0.2, 0) is 10.0 Å². The van der Waals surface area contributed by atoms with Crippen LogP contribution in [0.3, 0.4) is 0 Å². The molecular formula is C14H28N2O2S. The third-order valence-corrected chi connectivity index (χ3v) is 6.81. The summed E-state index contributed by atoms with van der Waals surface area (Å²) in [6.07, 6.45) is 8.80. The van der Waals surface area contributed by atoms with Crippen LogP contribution in [0.1, 0.15) is 51.9 Å². The number of likely N-dealkylation sites (tertiary alicyclic amines) is 1. The van der Waals surface area contributed by atoms with Gasteiger partial charge in [0.25, 0.3) is 0 Å². The van der Waals surface area contributed by atoms with Gasteiger partial charge in [-0.05, 0) is 45.7 Å². The van der Waals surface area contributed by atoms with Crippen LogP contribution in [0.5, 0.6) is 0 Å². The van der Waals surface area contributed by atoms with Gasteiger partial charge in [0.05, 0.1) is 5.75 Å². The largest absolute Gasteiger partial charge is 0.300 e. The number of rotatable bonds is 4. The third kappa shape index (κ3) is 3.70. The predicted octanol–water partition coefficient (Wildman–Crippen LogP) is 2.06. The van der Waals surface area contributed by atoms with Crippen LogP contribution in [0.15, 0.2) is 0 Å². The zero-order valence-electron chi connectivity index (χ0n) is 12.3. The maximum atomic E-state index is 11.9. The van der Waals surface area contributed by atoms with Gasteiger partial charge in [0.15, 0.2) is 0 Å². The fourth-order valence-electron chi connectivity index (χ4n) is 3.49. The van der Waals surface area contributed by atoms with Crippen LogP contribution < -0.4 is 0 Å². The molecule has 1 saturated heterocycles. The summed E-state index contributed by atoms with van der Waals surface area (Å²) >= 11 is 0. The van der Waals surface area contributed by atoms with Gasteiger partial charge in [0.1, 0.15) is 0 Å². The van der Waals surface area contributed by atoms with Gasteiger partial charge in [-0.2, -0.15) is 0 Å². The quantitative estimate of drug-likeness (QED) is 0.795. The predicted molar refractivity (Wildman–Crippen MR) is 78.7 cm³/mol. The smallest absolute Gasteiger partial charge is 0.213 e. The molecule has 0 N–H and O–H groups in total. The number of sulfonamides is 1. The van der Waals surface area contributed by atoms with Crippen molar-refractivity contribution in [2.75, 3.05) is 25.9 Å². The fourth-order valence-corrected chi connectivity index (χ4v) is 4.56. The first-order valence-electron chi connectivity index (χ1n) is 7.74. The number of hydrogen-bond donors (Lipinski definition) is 0. The summed E-state index contributed by atoms with van der Waals surface area (Å²) in [7, 11) is -1.28. The monoisotopic (exact) mass is 288 g/mol. The van der Waals surface area contributed by atoms with Crippen molar-refractivity contribution in [3.05, 3.63) is 0 Å². The van der Waals surface area contributed by atoms with E-state index < -0.39 is 10.0 Å². The lowest BCUT2D eigenvalue weighted by molar-refractivity contribution is 0.102. The minimum absolute atomic E-state index is 0.213. The molecule has 0 aromatic carbocycles. The summed E-state index contributed by atoms with van der Waals surface area (Å²) in [5.41, 5.74) is 0. The molecule has 112 valence electrons. The van der Waals surface area contributed by atoms with Crippen molar-refractivity contribution in [2.45, 2.75) is 64.0 Å². The van der Waals surface area contributed by atoms with Crippen LogP contribution >= 0.6 is 0 Å². The van der Waals surface area contributed by atoms with E-state index in [9.17, 15) is 8.42 Å². The zero-order chi connectivity index (χ0) is 13.9. The fraction of sp³-hybridized carbons (Fsp3) is 1.00. The molecule has 0 atom stereocenters. The zero-order valence-corrected chi connectivity index (χ0v) is 13.2. The van der Waals surface area contributed by atoms with E-state index in [0.717, 1.165) is 32.0 Å². The first kappa shape index (κ1) is 15.3. The van der Waals surface area contributed by atoms with Gasteiger partial charge in [-0.25, -0.2) is 12.7 Å². The topological polar surface area (TPSA) is 40.6 Å². The highest BCUT2D eigenvalue weighted by Gasteiger charge is 2.31. The van der Waals surface area contributed by atoms with Crippen molar-refractivity contribution in [1.82, 2.24) is 9.21 Å². The normalized spacial score (nSPS) is 25.0. The molecule has 0 spiro atoms. The van der Waals surface area contributed by atoms with Gasteiger partial charge in [0, 0.05) is 19.1 Å². The molecule has 0 aromatic rings. The van der Waals surface area contributed by atoms with E-state index >= 15 is 0 Å². The van der Waals surface area contributed by atoms with Crippen molar-refractivity contribution in [2.24, 2.45) is 0 Å². The van der Waals surface area contributed by atoms with Gasteiger partial charge >= 0.3 is 0 Å². The molecule has 0 amide bonds. The van der Waals surface area contributed by atoms with Crippen molar-refractivity contribution in [1.29, 1.82) is 0 Å². The van der Waals surface area contributed by atoms with E-state index in [1.165, 1.54) is 32.1 Å². The van der Waals surface area contributed by atoms with E-state index in [4.69, 9.17) is 0 Å². The Hall–Kier alpha value is -0.130. The molecule has 1 aliphatic carbocycles. The lowest BCUT2D eigenvalue weighted by atomic mass is 9.92. The van der Waals surface area contributed by atoms with E-state index in [1.54, 1.807) is 18.3 Å². The standard InChI is InChI=1S/C14H28N2O2S/c1-3-19(17,18)15(2)13-9-11-16(12-10-13)14-7-5-4-6-8-14/h13-14H,3-12H2,1-2H3. The van der Waals surface area contributed by atoms with E-state index in [0.29, 0.717) is 0 Å². The summed E-state index contributed by atoms with van der Waals surface area (Å²) in [5.74, 6) is 0.215. The molecule has 0 bridgehead atoms. The maximum Gasteiger partial charge on any atom is 0.213 e. The minimum atomic E-state index is -3.03. The van der Waals surface area contributed by atoms with Gasteiger partial charge in [-0.15, -0.1) is 0 Å². The van der Waals surface area contributed by atoms with Crippen LogP contribution in [0.25, 0.3) is 0 Å².